The normalized spacial score (nSPS) is 25.5. The van der Waals surface area contributed by atoms with E-state index in [-0.39, 0.29) is 23.5 Å². The first kappa shape index (κ1) is 24.3. The first-order chi connectivity index (χ1) is 17.9. The van der Waals surface area contributed by atoms with Gasteiger partial charge in [0.1, 0.15) is 22.5 Å². The number of pyridine rings is 2. The van der Waals surface area contributed by atoms with Crippen molar-refractivity contribution in [3.05, 3.63) is 35.9 Å². The van der Waals surface area contributed by atoms with E-state index >= 15 is 0 Å². The molecule has 0 saturated carbocycles. The van der Waals surface area contributed by atoms with E-state index in [2.05, 4.69) is 33.8 Å². The van der Waals surface area contributed by atoms with Gasteiger partial charge in [0.25, 0.3) is 5.91 Å². The summed E-state index contributed by atoms with van der Waals surface area (Å²) >= 11 is 1.21. The van der Waals surface area contributed by atoms with Crippen LogP contribution >= 0.6 is 11.9 Å². The van der Waals surface area contributed by atoms with Gasteiger partial charge in [0.2, 0.25) is 0 Å². The molecule has 2 aromatic rings. The Labute approximate surface area is 222 Å². The van der Waals surface area contributed by atoms with Crippen LogP contribution in [-0.4, -0.2) is 64.6 Å². The summed E-state index contributed by atoms with van der Waals surface area (Å²) in [7, 11) is 0. The van der Waals surface area contributed by atoms with Crippen LogP contribution < -0.4 is 19.8 Å². The average molecular weight is 522 g/mol. The Balaban J connectivity index is 1.36. The van der Waals surface area contributed by atoms with Crippen molar-refractivity contribution in [2.75, 3.05) is 41.3 Å². The summed E-state index contributed by atoms with van der Waals surface area (Å²) in [4.78, 5) is 42.5. The predicted octanol–water partition coefficient (Wildman–Crippen LogP) is 4.52. The van der Waals surface area contributed by atoms with E-state index in [0.717, 1.165) is 69.0 Å². The molecule has 4 aliphatic rings. The topological polar surface area (TPSA) is 93.7 Å². The lowest BCUT2D eigenvalue weighted by atomic mass is 9.93. The minimum Gasteiger partial charge on any atom is -0.370 e. The number of carbonyl (C=O) groups is 2. The summed E-state index contributed by atoms with van der Waals surface area (Å²) in [6.07, 6.45) is 6.42. The van der Waals surface area contributed by atoms with E-state index < -0.39 is 0 Å². The summed E-state index contributed by atoms with van der Waals surface area (Å²) in [5, 5.41) is 4.14. The van der Waals surface area contributed by atoms with Gasteiger partial charge >= 0.3 is 6.03 Å². The molecular formula is C27H35N7O2S. The van der Waals surface area contributed by atoms with Crippen molar-refractivity contribution in [2.45, 2.75) is 69.0 Å². The lowest BCUT2D eigenvalue weighted by molar-refractivity contribution is 0.0984. The maximum atomic E-state index is 13.5. The van der Waals surface area contributed by atoms with Crippen LogP contribution in [0.5, 0.6) is 0 Å². The number of piperidine rings is 1. The largest absolute Gasteiger partial charge is 0.370 e. The van der Waals surface area contributed by atoms with Gasteiger partial charge in [-0.2, -0.15) is 0 Å². The first-order valence-corrected chi connectivity index (χ1v) is 14.3. The van der Waals surface area contributed by atoms with Gasteiger partial charge in [-0.25, -0.2) is 14.8 Å². The molecule has 0 spiro atoms. The van der Waals surface area contributed by atoms with Gasteiger partial charge in [-0.3, -0.25) is 14.4 Å². The van der Waals surface area contributed by atoms with Gasteiger partial charge in [0.05, 0.1) is 11.6 Å². The molecule has 2 atom stereocenters. The van der Waals surface area contributed by atoms with E-state index in [1.165, 1.54) is 11.9 Å². The summed E-state index contributed by atoms with van der Waals surface area (Å²) in [6, 6.07) is 9.75. The number of rotatable bonds is 1. The highest BCUT2D eigenvalue weighted by molar-refractivity contribution is 7.97. The molecule has 1 unspecified atom stereocenters. The SMILES string of the molecule is CC1(C)C[C@@H]2CCCNc3cccc(n3)SNC(=O)c3ccc(N4CC5CCCCN5C4=O)nc3N1C2. The molecule has 3 saturated heterocycles. The van der Waals surface area contributed by atoms with Crippen LogP contribution in [0.2, 0.25) is 0 Å². The Bertz CT molecular complexity index is 1210. The molecule has 0 radical (unpaired) electrons. The summed E-state index contributed by atoms with van der Waals surface area (Å²) < 4.78 is 2.97. The van der Waals surface area contributed by atoms with Crippen molar-refractivity contribution >= 4 is 41.3 Å². The molecule has 3 amide bonds. The zero-order valence-corrected chi connectivity index (χ0v) is 22.4. The van der Waals surface area contributed by atoms with E-state index in [9.17, 15) is 9.59 Å². The number of nitrogens with zero attached hydrogens (tertiary/aromatic N) is 5. The lowest BCUT2D eigenvalue weighted by Crippen LogP contribution is -2.41. The lowest BCUT2D eigenvalue weighted by Gasteiger charge is -2.34. The van der Waals surface area contributed by atoms with E-state index in [1.54, 1.807) is 4.90 Å². The highest BCUT2D eigenvalue weighted by atomic mass is 32.2. The molecule has 37 heavy (non-hydrogen) atoms. The smallest absolute Gasteiger partial charge is 0.326 e. The second kappa shape index (κ2) is 9.70. The zero-order chi connectivity index (χ0) is 25.6. The number of carbonyl (C=O) groups excluding carboxylic acids is 2. The molecule has 10 heteroatoms. The van der Waals surface area contributed by atoms with Crippen LogP contribution in [0.4, 0.5) is 22.2 Å². The fraction of sp³-hybridized carbons (Fsp3) is 0.556. The van der Waals surface area contributed by atoms with Gasteiger partial charge in [0.15, 0.2) is 0 Å². The third-order valence-electron chi connectivity index (χ3n) is 8.16. The molecule has 2 aromatic heterocycles. The number of hydrogen-bond acceptors (Lipinski definition) is 7. The Morgan fingerprint density at radius 3 is 2.78 bits per heavy atom. The summed E-state index contributed by atoms with van der Waals surface area (Å²) in [6.45, 7) is 7.64. The minimum atomic E-state index is -0.210. The van der Waals surface area contributed by atoms with E-state index in [0.29, 0.717) is 29.7 Å². The maximum absolute atomic E-state index is 13.5. The molecule has 2 N–H and O–H groups in total. The Morgan fingerprint density at radius 2 is 1.92 bits per heavy atom. The third-order valence-corrected chi connectivity index (χ3v) is 8.89. The number of aromatic nitrogens is 2. The molecule has 4 bridgehead atoms. The van der Waals surface area contributed by atoms with Gasteiger partial charge in [0, 0.05) is 43.7 Å². The van der Waals surface area contributed by atoms with Crippen molar-refractivity contribution in [1.29, 1.82) is 0 Å². The number of fused-ring (bicyclic) bond motifs is 7. The van der Waals surface area contributed by atoms with Gasteiger partial charge in [-0.15, -0.1) is 0 Å². The molecule has 196 valence electrons. The molecule has 0 aliphatic carbocycles. The first-order valence-electron chi connectivity index (χ1n) is 13.4. The molecule has 9 nitrogen and oxygen atoms in total. The van der Waals surface area contributed by atoms with Gasteiger partial charge in [-0.05, 0) is 82.6 Å². The van der Waals surface area contributed by atoms with Crippen LogP contribution in [0.25, 0.3) is 0 Å². The number of nitrogens with one attached hydrogen (secondary N) is 2. The molecule has 4 aliphatic heterocycles. The highest BCUT2D eigenvalue weighted by Gasteiger charge is 2.43. The van der Waals surface area contributed by atoms with Gasteiger partial charge < -0.3 is 15.1 Å². The van der Waals surface area contributed by atoms with Crippen LogP contribution in [0.3, 0.4) is 0 Å². The number of hydrogen-bond donors (Lipinski definition) is 2. The fourth-order valence-corrected chi connectivity index (χ4v) is 6.93. The van der Waals surface area contributed by atoms with E-state index in [4.69, 9.17) is 4.98 Å². The monoisotopic (exact) mass is 521 g/mol. The summed E-state index contributed by atoms with van der Waals surface area (Å²) in [5.74, 6) is 2.41. The Hall–Kier alpha value is -3.01. The predicted molar refractivity (Wildman–Crippen MR) is 146 cm³/mol. The van der Waals surface area contributed by atoms with Crippen molar-refractivity contribution in [3.63, 3.8) is 0 Å². The molecule has 6 rings (SSSR count). The molecule has 6 heterocycles. The minimum absolute atomic E-state index is 0.0336. The summed E-state index contributed by atoms with van der Waals surface area (Å²) in [5.41, 5.74) is 0.375. The van der Waals surface area contributed by atoms with Crippen molar-refractivity contribution in [3.8, 4) is 0 Å². The second-order valence-electron chi connectivity index (χ2n) is 11.2. The van der Waals surface area contributed by atoms with Crippen molar-refractivity contribution < 1.29 is 9.59 Å². The van der Waals surface area contributed by atoms with Crippen LogP contribution in [0, 0.1) is 5.92 Å². The highest BCUT2D eigenvalue weighted by Crippen LogP contribution is 2.40. The standard InChI is InChI=1S/C27H35N7O2S/c1-27(2)15-18-7-6-13-28-21-9-5-10-23(29-21)37-31-25(35)20-11-12-22(30-24(20)34(27)16-18)33-17-19-8-3-4-14-32(19)26(33)36/h5,9-12,18-19H,3-4,6-8,13-17H2,1-2H3,(H,28,29)(H,31,35)/t18-,19?/m0/s1. The maximum Gasteiger partial charge on any atom is 0.326 e. The zero-order valence-electron chi connectivity index (χ0n) is 21.6. The molecule has 0 aromatic carbocycles. The van der Waals surface area contributed by atoms with Crippen LogP contribution in [-0.2, 0) is 0 Å². The third kappa shape index (κ3) is 4.71. The fourth-order valence-electron chi connectivity index (χ4n) is 6.33. The quantitative estimate of drug-likeness (QED) is 0.533. The van der Waals surface area contributed by atoms with Crippen molar-refractivity contribution in [1.82, 2.24) is 19.6 Å². The molecular weight excluding hydrogens is 486 g/mol. The molecule has 3 fully saturated rings. The Morgan fingerprint density at radius 1 is 1.03 bits per heavy atom. The van der Waals surface area contributed by atoms with Gasteiger partial charge in [-0.1, -0.05) is 6.07 Å². The Kier molecular flexibility index (Phi) is 6.38. The second-order valence-corrected chi connectivity index (χ2v) is 12.1. The number of urea groups is 1. The number of anilines is 3. The van der Waals surface area contributed by atoms with Crippen LogP contribution in [0.15, 0.2) is 35.4 Å². The van der Waals surface area contributed by atoms with Crippen LogP contribution in [0.1, 0.15) is 62.7 Å². The van der Waals surface area contributed by atoms with Crippen molar-refractivity contribution in [2.24, 2.45) is 5.92 Å². The van der Waals surface area contributed by atoms with E-state index in [1.807, 2.05) is 35.2 Å². The average Bonchev–Trinajstić information content (AvgIpc) is 3.40. The number of amides is 3.